The van der Waals surface area contributed by atoms with E-state index in [1.807, 2.05) is 32.9 Å². The summed E-state index contributed by atoms with van der Waals surface area (Å²) >= 11 is 6.09. The zero-order chi connectivity index (χ0) is 26.7. The predicted molar refractivity (Wildman–Crippen MR) is 144 cm³/mol. The number of carbonyl (C=O) groups excluding carboxylic acids is 2. The molecule has 1 saturated heterocycles. The van der Waals surface area contributed by atoms with Gasteiger partial charge < -0.3 is 19.9 Å². The molecular formula is C28H41ClFN3O3. The van der Waals surface area contributed by atoms with E-state index in [9.17, 15) is 14.0 Å². The number of hydrogen-bond acceptors (Lipinski definition) is 3. The van der Waals surface area contributed by atoms with Gasteiger partial charge in [0.1, 0.15) is 6.04 Å². The first-order valence-electron chi connectivity index (χ1n) is 13.0. The van der Waals surface area contributed by atoms with Gasteiger partial charge in [0, 0.05) is 30.7 Å². The quantitative estimate of drug-likeness (QED) is 0.429. The van der Waals surface area contributed by atoms with Gasteiger partial charge in [-0.2, -0.15) is 0 Å². The molecule has 1 aliphatic heterocycles. The maximum atomic E-state index is 14.3. The van der Waals surface area contributed by atoms with Crippen molar-refractivity contribution in [2.45, 2.75) is 71.4 Å². The number of nitrogens with one attached hydrogen (secondary N) is 1. The fourth-order valence-electron chi connectivity index (χ4n) is 4.78. The summed E-state index contributed by atoms with van der Waals surface area (Å²) in [5.41, 5.74) is 0.601. The highest BCUT2D eigenvalue weighted by Gasteiger charge is 2.37. The molecule has 1 fully saturated rings. The maximum absolute atomic E-state index is 14.3. The van der Waals surface area contributed by atoms with Crippen LogP contribution in [0.5, 0.6) is 5.75 Å². The minimum Gasteiger partial charge on any atom is -0.493 e. The molecule has 3 atom stereocenters. The molecule has 3 rings (SSSR count). The van der Waals surface area contributed by atoms with Crippen LogP contribution in [0, 0.1) is 11.7 Å². The van der Waals surface area contributed by atoms with Gasteiger partial charge in [-0.3, -0.25) is 4.79 Å². The van der Waals surface area contributed by atoms with Crippen molar-refractivity contribution in [1.82, 2.24) is 15.1 Å². The Morgan fingerprint density at radius 1 is 1.31 bits per heavy atom. The normalized spacial score (nSPS) is 20.0. The van der Waals surface area contributed by atoms with Crippen LogP contribution in [0.25, 0.3) is 0 Å². The molecule has 1 aromatic rings. The van der Waals surface area contributed by atoms with E-state index in [4.69, 9.17) is 16.3 Å². The van der Waals surface area contributed by atoms with Crippen molar-refractivity contribution in [2.75, 3.05) is 27.2 Å². The third-order valence-corrected chi connectivity index (χ3v) is 6.82. The van der Waals surface area contributed by atoms with Crippen LogP contribution < -0.4 is 10.1 Å². The summed E-state index contributed by atoms with van der Waals surface area (Å²) in [6, 6.07) is 3.50. The minimum absolute atomic E-state index is 0.0558. The van der Waals surface area contributed by atoms with E-state index < -0.39 is 17.9 Å². The summed E-state index contributed by atoms with van der Waals surface area (Å²) in [7, 11) is 3.22. The molecule has 0 saturated carbocycles. The lowest BCUT2D eigenvalue weighted by Gasteiger charge is -2.31. The molecule has 0 radical (unpaired) electrons. The summed E-state index contributed by atoms with van der Waals surface area (Å²) < 4.78 is 19.5. The van der Waals surface area contributed by atoms with Gasteiger partial charge in [-0.25, -0.2) is 9.18 Å². The molecule has 1 unspecified atom stereocenters. The van der Waals surface area contributed by atoms with Crippen LogP contribution in [-0.4, -0.2) is 55.0 Å². The largest absolute Gasteiger partial charge is 0.493 e. The molecule has 1 N–H and O–H groups in total. The van der Waals surface area contributed by atoms with E-state index in [0.717, 1.165) is 30.7 Å². The van der Waals surface area contributed by atoms with Gasteiger partial charge in [-0.15, -0.1) is 0 Å². The maximum Gasteiger partial charge on any atom is 0.318 e. The molecule has 6 nitrogen and oxygen atoms in total. The molecule has 36 heavy (non-hydrogen) atoms. The lowest BCUT2D eigenvalue weighted by atomic mass is 10.0. The number of methoxy groups -OCH3 is 1. The highest BCUT2D eigenvalue weighted by Crippen LogP contribution is 2.31. The van der Waals surface area contributed by atoms with E-state index >= 15 is 0 Å². The molecule has 1 aliphatic carbocycles. The Balaban J connectivity index is 0.00000222. The number of carbonyl (C=O) groups is 2. The topological polar surface area (TPSA) is 61.9 Å². The van der Waals surface area contributed by atoms with Gasteiger partial charge in [-0.1, -0.05) is 63.1 Å². The van der Waals surface area contributed by atoms with Crippen molar-refractivity contribution in [3.8, 4) is 5.75 Å². The number of likely N-dealkylation sites (tertiary alicyclic amines) is 1. The number of urea groups is 1. The smallest absolute Gasteiger partial charge is 0.318 e. The van der Waals surface area contributed by atoms with Crippen LogP contribution in [0.1, 0.15) is 70.9 Å². The van der Waals surface area contributed by atoms with Crippen molar-refractivity contribution >= 4 is 23.5 Å². The first-order valence-corrected chi connectivity index (χ1v) is 13.4. The molecule has 0 aromatic heterocycles. The summed E-state index contributed by atoms with van der Waals surface area (Å²) in [6.45, 7) is 7.10. The monoisotopic (exact) mass is 521 g/mol. The molecule has 0 bridgehead atoms. The minimum atomic E-state index is -0.502. The molecule has 3 amide bonds. The van der Waals surface area contributed by atoms with Crippen LogP contribution in [0.3, 0.4) is 0 Å². The van der Waals surface area contributed by atoms with E-state index in [2.05, 4.69) is 11.4 Å². The molecule has 1 heterocycles. The zero-order valence-electron chi connectivity index (χ0n) is 22.2. The van der Waals surface area contributed by atoms with E-state index in [-0.39, 0.29) is 23.6 Å². The van der Waals surface area contributed by atoms with Gasteiger partial charge in [0.05, 0.1) is 13.2 Å². The third kappa shape index (κ3) is 7.73. The first-order chi connectivity index (χ1) is 17.3. The second-order valence-corrected chi connectivity index (χ2v) is 9.45. The summed E-state index contributed by atoms with van der Waals surface area (Å²) in [4.78, 5) is 29.9. The molecular weight excluding hydrogens is 481 g/mol. The summed E-state index contributed by atoms with van der Waals surface area (Å²) in [5, 5.41) is 3.76. The lowest BCUT2D eigenvalue weighted by Crippen LogP contribution is -2.51. The molecule has 2 aliphatic rings. The molecule has 1 aromatic carbocycles. The van der Waals surface area contributed by atoms with Crippen LogP contribution in [0.4, 0.5) is 9.18 Å². The number of amides is 3. The number of halogens is 2. The number of nitrogens with zero attached hydrogens (tertiary/aromatic N) is 2. The van der Waals surface area contributed by atoms with Crippen molar-refractivity contribution in [1.29, 1.82) is 0 Å². The number of ether oxygens (including phenoxy) is 1. The fourth-order valence-corrected chi connectivity index (χ4v) is 4.97. The standard InChI is InChI=1S/C26H35ClFN3O3.C2H6/c1-4-8-22(20-11-6-12-21(28)24(20)34-3)29-26(33)31-16-7-13-23(31)25(32)30(2)17-18-9-5-10-19(27)15-14-18;1-2/h6,10-12,14-15,18,22-23H,4-5,7-9,13,16-17H2,1-3H3,(H,29,33);1-2H3/t18?,22-,23+;/m0./s1. The predicted octanol–water partition coefficient (Wildman–Crippen LogP) is 6.42. The lowest BCUT2D eigenvalue weighted by molar-refractivity contribution is -0.134. The number of allylic oxidation sites excluding steroid dienone is 3. The van der Waals surface area contributed by atoms with Crippen LogP contribution in [0.2, 0.25) is 0 Å². The molecule has 200 valence electrons. The Morgan fingerprint density at radius 2 is 2.06 bits per heavy atom. The van der Waals surface area contributed by atoms with Crippen molar-refractivity contribution in [2.24, 2.45) is 5.92 Å². The number of rotatable bonds is 8. The SMILES string of the molecule is CC.CCC[C@H](NC(=O)N1CCC[C@@H]1C(=O)N(C)CC1C=CC(Cl)=CCC1)c1cccc(F)c1OC. The van der Waals surface area contributed by atoms with Gasteiger partial charge in [0.2, 0.25) is 5.91 Å². The van der Waals surface area contributed by atoms with Crippen LogP contribution in [0.15, 0.2) is 41.5 Å². The fraction of sp³-hybridized carbons (Fsp3) is 0.571. The van der Waals surface area contributed by atoms with E-state index in [1.54, 1.807) is 29.0 Å². The number of hydrogen-bond donors (Lipinski definition) is 1. The Bertz CT molecular complexity index is 937. The first kappa shape index (κ1) is 29.7. The Hall–Kier alpha value is -2.54. The highest BCUT2D eigenvalue weighted by molar-refractivity contribution is 6.31. The van der Waals surface area contributed by atoms with Crippen molar-refractivity contribution in [3.05, 3.63) is 52.8 Å². The second kappa shape index (κ2) is 14.9. The van der Waals surface area contributed by atoms with Gasteiger partial charge >= 0.3 is 6.03 Å². The zero-order valence-corrected chi connectivity index (χ0v) is 23.0. The van der Waals surface area contributed by atoms with Crippen molar-refractivity contribution < 1.29 is 18.7 Å². The summed E-state index contributed by atoms with van der Waals surface area (Å²) in [5.74, 6) is -0.157. The average molecular weight is 522 g/mol. The average Bonchev–Trinajstić information content (AvgIpc) is 3.28. The summed E-state index contributed by atoms with van der Waals surface area (Å²) in [6.07, 6.45) is 10.5. The molecule has 8 heteroatoms. The number of benzene rings is 1. The van der Waals surface area contributed by atoms with Gasteiger partial charge in [0.15, 0.2) is 11.6 Å². The van der Waals surface area contributed by atoms with E-state index in [1.165, 1.54) is 13.2 Å². The Kier molecular flexibility index (Phi) is 12.3. The number of para-hydroxylation sites is 1. The van der Waals surface area contributed by atoms with E-state index in [0.29, 0.717) is 31.5 Å². The van der Waals surface area contributed by atoms with Gasteiger partial charge in [-0.05, 0) is 50.2 Å². The van der Waals surface area contributed by atoms with Crippen molar-refractivity contribution in [3.63, 3.8) is 0 Å². The van der Waals surface area contributed by atoms with Crippen LogP contribution in [-0.2, 0) is 4.79 Å². The second-order valence-electron chi connectivity index (χ2n) is 9.01. The molecule has 0 spiro atoms. The number of likely N-dealkylation sites (N-methyl/N-ethyl adjacent to an activating group) is 1. The highest BCUT2D eigenvalue weighted by atomic mass is 35.5. The third-order valence-electron chi connectivity index (χ3n) is 6.54. The Morgan fingerprint density at radius 3 is 2.75 bits per heavy atom. The van der Waals surface area contributed by atoms with Crippen LogP contribution >= 0.6 is 11.6 Å². The van der Waals surface area contributed by atoms with Gasteiger partial charge in [0.25, 0.3) is 0 Å². The Labute approximate surface area is 220 Å².